The first kappa shape index (κ1) is 14.1. The molecule has 1 atom stereocenters. The summed E-state index contributed by atoms with van der Waals surface area (Å²) < 4.78 is 0. The van der Waals surface area contributed by atoms with E-state index in [-0.39, 0.29) is 0 Å². The number of rotatable bonds is 3. The van der Waals surface area contributed by atoms with E-state index in [2.05, 4.69) is 4.98 Å². The zero-order valence-corrected chi connectivity index (χ0v) is 12.5. The van der Waals surface area contributed by atoms with Gasteiger partial charge < -0.3 is 5.11 Å². The Bertz CT molecular complexity index is 780. The third-order valence-electron chi connectivity index (χ3n) is 3.73. The molecule has 0 aliphatic carbocycles. The summed E-state index contributed by atoms with van der Waals surface area (Å²) >= 11 is 6.13. The maximum Gasteiger partial charge on any atom is 0.0831 e. The largest absolute Gasteiger partial charge is 0.388 e. The van der Waals surface area contributed by atoms with Crippen LogP contribution in [0.2, 0.25) is 5.02 Å². The van der Waals surface area contributed by atoms with Gasteiger partial charge >= 0.3 is 0 Å². The number of fused-ring (bicyclic) bond motifs is 1. The van der Waals surface area contributed by atoms with Crippen LogP contribution in [0.1, 0.15) is 22.8 Å². The number of pyridine rings is 1. The number of aromatic nitrogens is 1. The summed E-state index contributed by atoms with van der Waals surface area (Å²) in [6, 6.07) is 15.6. The van der Waals surface area contributed by atoms with Crippen LogP contribution in [0.3, 0.4) is 0 Å². The Morgan fingerprint density at radius 2 is 1.95 bits per heavy atom. The second-order valence-electron chi connectivity index (χ2n) is 5.22. The third kappa shape index (κ3) is 2.92. The Morgan fingerprint density at radius 1 is 1.14 bits per heavy atom. The molecule has 3 rings (SSSR count). The maximum atomic E-state index is 10.5. The highest BCUT2D eigenvalue weighted by atomic mass is 35.5. The molecule has 1 heterocycles. The Balaban J connectivity index is 1.92. The van der Waals surface area contributed by atoms with Crippen LogP contribution in [0.4, 0.5) is 0 Å². The highest BCUT2D eigenvalue weighted by Crippen LogP contribution is 2.26. The van der Waals surface area contributed by atoms with Crippen LogP contribution in [0.15, 0.2) is 54.7 Å². The van der Waals surface area contributed by atoms with Gasteiger partial charge in [0.15, 0.2) is 0 Å². The fraction of sp³-hybridized carbons (Fsp3) is 0.167. The van der Waals surface area contributed by atoms with Gasteiger partial charge in [-0.15, -0.1) is 0 Å². The van der Waals surface area contributed by atoms with Gasteiger partial charge in [0.05, 0.1) is 11.6 Å². The average molecular weight is 298 g/mol. The SMILES string of the molecule is Cc1ccc(C(O)Cc2ccnc3ccccc23)cc1Cl. The molecule has 1 aromatic heterocycles. The minimum Gasteiger partial charge on any atom is -0.388 e. The number of halogens is 1. The minimum absolute atomic E-state index is 0.544. The zero-order valence-electron chi connectivity index (χ0n) is 11.8. The molecule has 0 spiro atoms. The van der Waals surface area contributed by atoms with Crippen LogP contribution in [-0.2, 0) is 6.42 Å². The van der Waals surface area contributed by atoms with E-state index in [1.54, 1.807) is 6.20 Å². The van der Waals surface area contributed by atoms with Crippen molar-refractivity contribution in [3.05, 3.63) is 76.4 Å². The van der Waals surface area contributed by atoms with Gasteiger partial charge in [0, 0.05) is 23.0 Å². The average Bonchev–Trinajstić information content (AvgIpc) is 2.50. The standard InChI is InChI=1S/C18H16ClNO/c1-12-6-7-14(10-16(12)19)18(21)11-13-8-9-20-17-5-3-2-4-15(13)17/h2-10,18,21H,11H2,1H3. The van der Waals surface area contributed by atoms with E-state index in [0.29, 0.717) is 11.4 Å². The molecule has 0 saturated carbocycles. The van der Waals surface area contributed by atoms with E-state index < -0.39 is 6.10 Å². The maximum absolute atomic E-state index is 10.5. The smallest absolute Gasteiger partial charge is 0.0831 e. The van der Waals surface area contributed by atoms with E-state index in [0.717, 1.165) is 27.6 Å². The second-order valence-corrected chi connectivity index (χ2v) is 5.62. The summed E-state index contributed by atoms with van der Waals surface area (Å²) in [4.78, 5) is 4.34. The van der Waals surface area contributed by atoms with Gasteiger partial charge in [0.25, 0.3) is 0 Å². The zero-order chi connectivity index (χ0) is 14.8. The van der Waals surface area contributed by atoms with E-state index in [4.69, 9.17) is 11.6 Å². The lowest BCUT2D eigenvalue weighted by Crippen LogP contribution is -2.03. The van der Waals surface area contributed by atoms with Crippen molar-refractivity contribution in [2.24, 2.45) is 0 Å². The molecule has 0 radical (unpaired) electrons. The molecule has 0 amide bonds. The summed E-state index contributed by atoms with van der Waals surface area (Å²) in [7, 11) is 0. The van der Waals surface area contributed by atoms with Crippen molar-refractivity contribution in [1.29, 1.82) is 0 Å². The number of benzene rings is 2. The summed E-state index contributed by atoms with van der Waals surface area (Å²) in [5.74, 6) is 0. The number of aliphatic hydroxyl groups excluding tert-OH is 1. The first-order valence-corrected chi connectivity index (χ1v) is 7.29. The van der Waals surface area contributed by atoms with Gasteiger partial charge in [-0.1, -0.05) is 41.9 Å². The molecule has 0 saturated heterocycles. The fourth-order valence-corrected chi connectivity index (χ4v) is 2.66. The molecule has 0 aliphatic rings. The van der Waals surface area contributed by atoms with Crippen molar-refractivity contribution < 1.29 is 5.11 Å². The molecule has 0 aliphatic heterocycles. The number of hydrogen-bond acceptors (Lipinski definition) is 2. The number of aliphatic hydroxyl groups is 1. The molecule has 21 heavy (non-hydrogen) atoms. The van der Waals surface area contributed by atoms with Crippen LogP contribution < -0.4 is 0 Å². The van der Waals surface area contributed by atoms with Crippen molar-refractivity contribution >= 4 is 22.5 Å². The van der Waals surface area contributed by atoms with Gasteiger partial charge in [-0.2, -0.15) is 0 Å². The first-order chi connectivity index (χ1) is 10.1. The van der Waals surface area contributed by atoms with Crippen molar-refractivity contribution in [3.63, 3.8) is 0 Å². The molecule has 106 valence electrons. The summed E-state index contributed by atoms with van der Waals surface area (Å²) in [6.45, 7) is 1.95. The molecule has 1 N–H and O–H groups in total. The van der Waals surface area contributed by atoms with E-state index in [9.17, 15) is 5.11 Å². The van der Waals surface area contributed by atoms with Crippen LogP contribution in [0.5, 0.6) is 0 Å². The highest BCUT2D eigenvalue weighted by molar-refractivity contribution is 6.31. The first-order valence-electron chi connectivity index (χ1n) is 6.92. The summed E-state index contributed by atoms with van der Waals surface area (Å²) in [5.41, 5.74) is 3.89. The van der Waals surface area contributed by atoms with Gasteiger partial charge in [0.2, 0.25) is 0 Å². The van der Waals surface area contributed by atoms with Gasteiger partial charge in [-0.05, 0) is 41.8 Å². The van der Waals surface area contributed by atoms with E-state index >= 15 is 0 Å². The lowest BCUT2D eigenvalue weighted by atomic mass is 9.98. The highest BCUT2D eigenvalue weighted by Gasteiger charge is 2.12. The second kappa shape index (κ2) is 5.84. The normalized spacial score (nSPS) is 12.5. The quantitative estimate of drug-likeness (QED) is 0.773. The van der Waals surface area contributed by atoms with Crippen molar-refractivity contribution in [1.82, 2.24) is 4.98 Å². The van der Waals surface area contributed by atoms with Crippen LogP contribution in [0.25, 0.3) is 10.9 Å². The van der Waals surface area contributed by atoms with E-state index in [1.165, 1.54) is 0 Å². The molecule has 3 aromatic rings. The molecule has 1 unspecified atom stereocenters. The topological polar surface area (TPSA) is 33.1 Å². The molecular weight excluding hydrogens is 282 g/mol. The van der Waals surface area contributed by atoms with Gasteiger partial charge in [0.1, 0.15) is 0 Å². The van der Waals surface area contributed by atoms with Crippen LogP contribution in [0, 0.1) is 6.92 Å². The number of nitrogens with zero attached hydrogens (tertiary/aromatic N) is 1. The number of para-hydroxylation sites is 1. The van der Waals surface area contributed by atoms with Gasteiger partial charge in [-0.25, -0.2) is 0 Å². The third-order valence-corrected chi connectivity index (χ3v) is 4.14. The Morgan fingerprint density at radius 3 is 2.76 bits per heavy atom. The van der Waals surface area contributed by atoms with Crippen LogP contribution in [-0.4, -0.2) is 10.1 Å². The molecular formula is C18H16ClNO. The number of aryl methyl sites for hydroxylation is 1. The molecule has 2 aromatic carbocycles. The molecule has 0 fully saturated rings. The predicted molar refractivity (Wildman–Crippen MR) is 86.6 cm³/mol. The van der Waals surface area contributed by atoms with Crippen molar-refractivity contribution in [3.8, 4) is 0 Å². The lowest BCUT2D eigenvalue weighted by molar-refractivity contribution is 0.179. The molecule has 2 nitrogen and oxygen atoms in total. The molecule has 0 bridgehead atoms. The minimum atomic E-state index is -0.575. The van der Waals surface area contributed by atoms with Crippen LogP contribution >= 0.6 is 11.6 Å². The lowest BCUT2D eigenvalue weighted by Gasteiger charge is -2.13. The molecule has 3 heteroatoms. The monoisotopic (exact) mass is 297 g/mol. The Labute approximate surface area is 129 Å². The predicted octanol–water partition coefficient (Wildman–Crippen LogP) is 4.47. The summed E-state index contributed by atoms with van der Waals surface area (Å²) in [5, 5.41) is 12.2. The van der Waals surface area contributed by atoms with Crippen molar-refractivity contribution in [2.45, 2.75) is 19.4 Å². The Hall–Kier alpha value is -1.90. The van der Waals surface area contributed by atoms with Crippen molar-refractivity contribution in [2.75, 3.05) is 0 Å². The Kier molecular flexibility index (Phi) is 3.91. The number of hydrogen-bond donors (Lipinski definition) is 1. The fourth-order valence-electron chi connectivity index (χ4n) is 2.48. The van der Waals surface area contributed by atoms with E-state index in [1.807, 2.05) is 55.5 Å². The van der Waals surface area contributed by atoms with Gasteiger partial charge in [-0.3, -0.25) is 4.98 Å². The summed E-state index contributed by atoms with van der Waals surface area (Å²) in [6.07, 6.45) is 1.75.